The third-order valence-electron chi connectivity index (χ3n) is 4.17. The van der Waals surface area contributed by atoms with E-state index in [1.807, 2.05) is 55.6 Å². The maximum absolute atomic E-state index is 13.3. The lowest BCUT2D eigenvalue weighted by Crippen LogP contribution is -2.36. The zero-order valence-electron chi connectivity index (χ0n) is 15.9. The number of aromatic nitrogens is 1. The first kappa shape index (κ1) is 20.2. The van der Waals surface area contributed by atoms with E-state index in [0.29, 0.717) is 12.1 Å². The van der Waals surface area contributed by atoms with Crippen LogP contribution < -0.4 is 4.90 Å². The zero-order valence-corrected chi connectivity index (χ0v) is 18.4. The van der Waals surface area contributed by atoms with Gasteiger partial charge in [0, 0.05) is 28.4 Å². The molecule has 0 saturated heterocycles. The van der Waals surface area contributed by atoms with Crippen LogP contribution in [0.2, 0.25) is 0 Å². The summed E-state index contributed by atoms with van der Waals surface area (Å²) in [7, 11) is 4.03. The lowest BCUT2D eigenvalue weighted by Gasteiger charge is -2.22. The van der Waals surface area contributed by atoms with Gasteiger partial charge in [-0.1, -0.05) is 17.4 Å². The molecule has 0 aliphatic carbocycles. The van der Waals surface area contributed by atoms with Crippen molar-refractivity contribution in [3.63, 3.8) is 0 Å². The van der Waals surface area contributed by atoms with E-state index < -0.39 is 0 Å². The fourth-order valence-corrected chi connectivity index (χ4v) is 4.72. The van der Waals surface area contributed by atoms with Crippen molar-refractivity contribution in [2.45, 2.75) is 9.79 Å². The topological polar surface area (TPSA) is 36.4 Å². The molecule has 7 heteroatoms. The Morgan fingerprint density at radius 2 is 1.78 bits per heavy atom. The van der Waals surface area contributed by atoms with Gasteiger partial charge in [-0.15, -0.1) is 23.5 Å². The van der Waals surface area contributed by atoms with Gasteiger partial charge in [-0.05, 0) is 63.0 Å². The van der Waals surface area contributed by atoms with E-state index >= 15 is 0 Å². The van der Waals surface area contributed by atoms with Gasteiger partial charge in [0.25, 0.3) is 5.91 Å². The lowest BCUT2D eigenvalue weighted by molar-refractivity contribution is 0.0985. The van der Waals surface area contributed by atoms with Gasteiger partial charge in [-0.2, -0.15) is 0 Å². The van der Waals surface area contributed by atoms with Crippen molar-refractivity contribution in [2.24, 2.45) is 0 Å². The van der Waals surface area contributed by atoms with Crippen LogP contribution in [-0.4, -0.2) is 55.5 Å². The van der Waals surface area contributed by atoms with Crippen LogP contribution in [0, 0.1) is 0 Å². The van der Waals surface area contributed by atoms with E-state index in [2.05, 4.69) is 23.3 Å². The molecule has 0 bridgehead atoms. The summed E-state index contributed by atoms with van der Waals surface area (Å²) in [5, 5.41) is 0.757. The Kier molecular flexibility index (Phi) is 6.81. The van der Waals surface area contributed by atoms with Crippen LogP contribution in [-0.2, 0) is 0 Å². The van der Waals surface area contributed by atoms with E-state index in [1.54, 1.807) is 34.9 Å². The Hall–Kier alpha value is -1.54. The minimum absolute atomic E-state index is 0.00531. The number of likely N-dealkylation sites (N-methyl/N-ethyl adjacent to an activating group) is 1. The molecule has 0 atom stereocenters. The molecule has 0 aliphatic rings. The summed E-state index contributed by atoms with van der Waals surface area (Å²) in [4.78, 5) is 24.2. The lowest BCUT2D eigenvalue weighted by atomic mass is 10.2. The Labute approximate surface area is 173 Å². The van der Waals surface area contributed by atoms with Crippen LogP contribution in [0.5, 0.6) is 0 Å². The zero-order chi connectivity index (χ0) is 19.4. The highest BCUT2D eigenvalue weighted by Crippen LogP contribution is 2.34. The molecule has 1 heterocycles. The third kappa shape index (κ3) is 4.66. The molecule has 1 amide bonds. The number of hydrogen-bond acceptors (Lipinski definition) is 6. The quantitative estimate of drug-likeness (QED) is 0.509. The summed E-state index contributed by atoms with van der Waals surface area (Å²) in [6.45, 7) is 1.38. The highest BCUT2D eigenvalue weighted by atomic mass is 32.2. The molecule has 142 valence electrons. The van der Waals surface area contributed by atoms with E-state index in [0.717, 1.165) is 31.7 Å². The number of amides is 1. The molecule has 0 unspecified atom stereocenters. The van der Waals surface area contributed by atoms with Gasteiger partial charge in [0.1, 0.15) is 0 Å². The average Bonchev–Trinajstić information content (AvgIpc) is 3.11. The first-order valence-electron chi connectivity index (χ1n) is 8.57. The molecule has 0 spiro atoms. The average molecular weight is 418 g/mol. The molecule has 0 radical (unpaired) electrons. The number of nitrogens with zero attached hydrogens (tertiary/aromatic N) is 3. The molecule has 3 rings (SSSR count). The molecule has 4 nitrogen and oxygen atoms in total. The highest BCUT2D eigenvalue weighted by Gasteiger charge is 2.22. The van der Waals surface area contributed by atoms with Gasteiger partial charge < -0.3 is 4.90 Å². The van der Waals surface area contributed by atoms with E-state index in [9.17, 15) is 4.79 Å². The second kappa shape index (κ2) is 9.10. The number of carbonyl (C=O) groups excluding carboxylic acids is 1. The van der Waals surface area contributed by atoms with Gasteiger partial charge in [0.15, 0.2) is 5.13 Å². The molecule has 0 fully saturated rings. The van der Waals surface area contributed by atoms with Crippen LogP contribution in [0.15, 0.2) is 52.3 Å². The predicted octanol–water partition coefficient (Wildman–Crippen LogP) is 4.95. The van der Waals surface area contributed by atoms with Crippen LogP contribution in [0.1, 0.15) is 10.4 Å². The molecule has 0 N–H and O–H groups in total. The summed E-state index contributed by atoms with van der Waals surface area (Å²) in [5.74, 6) is -0.00531. The van der Waals surface area contributed by atoms with Crippen LogP contribution in [0.3, 0.4) is 0 Å². The van der Waals surface area contributed by atoms with E-state index in [4.69, 9.17) is 4.98 Å². The number of rotatable bonds is 7. The van der Waals surface area contributed by atoms with Crippen molar-refractivity contribution in [1.82, 2.24) is 9.88 Å². The minimum Gasteiger partial charge on any atom is -0.308 e. The third-order valence-corrected chi connectivity index (χ3v) is 6.73. The standard InChI is InChI=1S/C20H23N3OS3/c1-22(2)12-13-23(19(24)14-8-10-15(25-3)11-9-14)20-21-18-16(26-4)6-5-7-17(18)27-20/h5-11H,12-13H2,1-4H3. The SMILES string of the molecule is CSc1ccc(C(=O)N(CCN(C)C)c2nc3c(SC)cccc3s2)cc1. The Balaban J connectivity index is 1.98. The van der Waals surface area contributed by atoms with Gasteiger partial charge in [0.05, 0.1) is 10.2 Å². The number of thioether (sulfide) groups is 2. The first-order chi connectivity index (χ1) is 13.0. The maximum Gasteiger partial charge on any atom is 0.260 e. The fourth-order valence-electron chi connectivity index (χ4n) is 2.67. The van der Waals surface area contributed by atoms with Gasteiger partial charge in [-0.25, -0.2) is 4.98 Å². The normalized spacial score (nSPS) is 11.3. The molecule has 3 aromatic rings. The first-order valence-corrected chi connectivity index (χ1v) is 11.8. The van der Waals surface area contributed by atoms with Gasteiger partial charge in [-0.3, -0.25) is 9.69 Å². The van der Waals surface area contributed by atoms with Gasteiger partial charge in [0.2, 0.25) is 0 Å². The second-order valence-corrected chi connectivity index (χ2v) is 9.03. The maximum atomic E-state index is 13.3. The second-order valence-electron chi connectivity index (χ2n) is 6.29. The molecular formula is C20H23N3OS3. The van der Waals surface area contributed by atoms with E-state index in [-0.39, 0.29) is 5.91 Å². The largest absolute Gasteiger partial charge is 0.308 e. The summed E-state index contributed by atoms with van der Waals surface area (Å²) in [5.41, 5.74) is 1.67. The van der Waals surface area contributed by atoms with Crippen molar-refractivity contribution in [2.75, 3.05) is 44.6 Å². The summed E-state index contributed by atoms with van der Waals surface area (Å²) in [6.07, 6.45) is 4.08. The summed E-state index contributed by atoms with van der Waals surface area (Å²) >= 11 is 4.93. The highest BCUT2D eigenvalue weighted by molar-refractivity contribution is 7.99. The van der Waals surface area contributed by atoms with Crippen molar-refractivity contribution in [3.8, 4) is 0 Å². The van der Waals surface area contributed by atoms with Crippen molar-refractivity contribution in [1.29, 1.82) is 0 Å². The molecule has 1 aromatic heterocycles. The number of anilines is 1. The number of carbonyl (C=O) groups is 1. The molecule has 2 aromatic carbocycles. The predicted molar refractivity (Wildman–Crippen MR) is 120 cm³/mol. The number of benzene rings is 2. The van der Waals surface area contributed by atoms with Crippen molar-refractivity contribution < 1.29 is 4.79 Å². The summed E-state index contributed by atoms with van der Waals surface area (Å²) < 4.78 is 1.11. The molecule has 0 saturated carbocycles. The van der Waals surface area contributed by atoms with E-state index in [1.165, 1.54) is 0 Å². The fraction of sp³-hybridized carbons (Fsp3) is 0.300. The van der Waals surface area contributed by atoms with Gasteiger partial charge >= 0.3 is 0 Å². The monoisotopic (exact) mass is 417 g/mol. The summed E-state index contributed by atoms with van der Waals surface area (Å²) in [6, 6.07) is 14.0. The Bertz CT molecular complexity index is 922. The molecule has 27 heavy (non-hydrogen) atoms. The number of fused-ring (bicyclic) bond motifs is 1. The Morgan fingerprint density at radius 1 is 1.04 bits per heavy atom. The number of para-hydroxylation sites is 1. The molecular weight excluding hydrogens is 394 g/mol. The Morgan fingerprint density at radius 3 is 2.41 bits per heavy atom. The van der Waals surface area contributed by atoms with Crippen LogP contribution in [0.4, 0.5) is 5.13 Å². The van der Waals surface area contributed by atoms with Crippen LogP contribution in [0.25, 0.3) is 10.2 Å². The minimum atomic E-state index is -0.00531. The number of thiazole rings is 1. The van der Waals surface area contributed by atoms with Crippen LogP contribution >= 0.6 is 34.9 Å². The number of hydrogen-bond donors (Lipinski definition) is 0. The van der Waals surface area contributed by atoms with Crippen molar-refractivity contribution in [3.05, 3.63) is 48.0 Å². The smallest absolute Gasteiger partial charge is 0.260 e. The van der Waals surface area contributed by atoms with Crippen molar-refractivity contribution >= 4 is 56.1 Å². The molecule has 0 aliphatic heterocycles.